The lowest BCUT2D eigenvalue weighted by Gasteiger charge is -2.32. The molecule has 0 bridgehead atoms. The van der Waals surface area contributed by atoms with Gasteiger partial charge in [-0.3, -0.25) is 14.4 Å². The van der Waals surface area contributed by atoms with Gasteiger partial charge in [0.25, 0.3) is 0 Å². The highest BCUT2D eigenvalue weighted by Crippen LogP contribution is 2.31. The second kappa shape index (κ2) is 16.3. The summed E-state index contributed by atoms with van der Waals surface area (Å²) in [5.41, 5.74) is -0.0431. The Morgan fingerprint density at radius 3 is 2.36 bits per heavy atom. The summed E-state index contributed by atoms with van der Waals surface area (Å²) in [6.45, 7) is 8.72. The molecule has 0 saturated heterocycles. The number of para-hydroxylation sites is 1. The van der Waals surface area contributed by atoms with Gasteiger partial charge < -0.3 is 28.4 Å². The average molecular weight is 546 g/mol. The summed E-state index contributed by atoms with van der Waals surface area (Å²) in [5.74, 6) is -1.46. The van der Waals surface area contributed by atoms with Crippen molar-refractivity contribution in [2.24, 2.45) is 5.92 Å². The molecule has 0 radical (unpaired) electrons. The van der Waals surface area contributed by atoms with Crippen LogP contribution in [0.2, 0.25) is 0 Å². The first-order valence-corrected chi connectivity index (χ1v) is 13.1. The number of pyridine rings is 1. The molecule has 214 valence electrons. The number of ketones is 1. The van der Waals surface area contributed by atoms with Crippen LogP contribution < -0.4 is 14.2 Å². The summed E-state index contributed by atoms with van der Waals surface area (Å²) in [5, 5.41) is 0. The van der Waals surface area contributed by atoms with E-state index in [1.54, 1.807) is 13.8 Å². The first kappa shape index (κ1) is 31.6. The van der Waals surface area contributed by atoms with Crippen LogP contribution in [0.3, 0.4) is 0 Å². The summed E-state index contributed by atoms with van der Waals surface area (Å²) in [6, 6.07) is 10.8. The number of ether oxygens (including phenoxy) is 6. The molecule has 1 aromatic carbocycles. The Labute approximate surface area is 229 Å². The van der Waals surface area contributed by atoms with Crippen LogP contribution in [0.1, 0.15) is 64.4 Å². The number of carbonyl (C=O) groups is 3. The quantitative estimate of drug-likeness (QED) is 0.156. The number of esters is 2. The van der Waals surface area contributed by atoms with Crippen LogP contribution in [0.5, 0.6) is 17.2 Å². The summed E-state index contributed by atoms with van der Waals surface area (Å²) >= 11 is 0. The molecule has 1 heterocycles. The molecule has 0 spiro atoms. The molecule has 39 heavy (non-hydrogen) atoms. The van der Waals surface area contributed by atoms with Crippen molar-refractivity contribution in [3.8, 4) is 17.2 Å². The zero-order chi connectivity index (χ0) is 28.8. The normalized spacial score (nSPS) is 13.9. The molecule has 0 fully saturated rings. The van der Waals surface area contributed by atoms with Crippen molar-refractivity contribution in [1.29, 1.82) is 0 Å². The van der Waals surface area contributed by atoms with Crippen molar-refractivity contribution >= 4 is 17.7 Å². The third-order valence-corrected chi connectivity index (χ3v) is 5.80. The Balaban J connectivity index is 2.13. The molecular weight excluding hydrogens is 506 g/mol. The topological polar surface area (TPSA) is 119 Å². The number of nitrogens with zero attached hydrogens (tertiary/aromatic N) is 1. The number of benzene rings is 1. The fourth-order valence-corrected chi connectivity index (χ4v) is 3.77. The Bertz CT molecular complexity index is 1060. The van der Waals surface area contributed by atoms with E-state index < -0.39 is 42.6 Å². The van der Waals surface area contributed by atoms with Crippen LogP contribution >= 0.6 is 0 Å². The summed E-state index contributed by atoms with van der Waals surface area (Å²) < 4.78 is 33.5. The van der Waals surface area contributed by atoms with E-state index >= 15 is 0 Å². The lowest BCUT2D eigenvalue weighted by molar-refractivity contribution is -0.162. The van der Waals surface area contributed by atoms with Gasteiger partial charge in [-0.25, -0.2) is 4.98 Å². The second-order valence-corrected chi connectivity index (χ2v) is 8.97. The fourth-order valence-electron chi connectivity index (χ4n) is 3.77. The largest absolute Gasteiger partial charge is 0.493 e. The van der Waals surface area contributed by atoms with Gasteiger partial charge in [-0.1, -0.05) is 39.0 Å². The molecule has 4 atom stereocenters. The summed E-state index contributed by atoms with van der Waals surface area (Å²) in [6.07, 6.45) is 1.18. The molecule has 0 aliphatic heterocycles. The maximum atomic E-state index is 13.1. The van der Waals surface area contributed by atoms with Gasteiger partial charge in [-0.15, -0.1) is 0 Å². The summed E-state index contributed by atoms with van der Waals surface area (Å²) in [4.78, 5) is 41.4. The predicted octanol–water partition coefficient (Wildman–Crippen LogP) is 4.78. The zero-order valence-electron chi connectivity index (χ0n) is 23.5. The molecule has 1 aromatic heterocycles. The predicted molar refractivity (Wildman–Crippen MR) is 143 cm³/mol. The minimum absolute atomic E-state index is 0.0235. The van der Waals surface area contributed by atoms with Crippen molar-refractivity contribution < 1.29 is 42.8 Å². The van der Waals surface area contributed by atoms with Gasteiger partial charge in [0.2, 0.25) is 6.79 Å². The van der Waals surface area contributed by atoms with Gasteiger partial charge in [0.15, 0.2) is 29.1 Å². The van der Waals surface area contributed by atoms with E-state index in [4.69, 9.17) is 28.4 Å². The zero-order valence-corrected chi connectivity index (χ0v) is 23.5. The average Bonchev–Trinajstić information content (AvgIpc) is 2.92. The Morgan fingerprint density at radius 1 is 1.03 bits per heavy atom. The van der Waals surface area contributed by atoms with Crippen LogP contribution in [-0.2, 0) is 23.8 Å². The molecule has 10 nitrogen and oxygen atoms in total. The Morgan fingerprint density at radius 2 is 1.74 bits per heavy atom. The van der Waals surface area contributed by atoms with Gasteiger partial charge in [0, 0.05) is 32.2 Å². The van der Waals surface area contributed by atoms with Crippen LogP contribution in [0.4, 0.5) is 0 Å². The highest BCUT2D eigenvalue weighted by atomic mass is 16.7. The smallest absolute Gasteiger partial charge is 0.309 e. The number of carbonyl (C=O) groups excluding carboxylic acids is 3. The van der Waals surface area contributed by atoms with Gasteiger partial charge in [-0.05, 0) is 31.9 Å². The number of rotatable bonds is 17. The fraction of sp³-hybridized carbons (Fsp3) is 0.517. The second-order valence-electron chi connectivity index (χ2n) is 8.97. The number of aromatic nitrogens is 1. The van der Waals surface area contributed by atoms with Gasteiger partial charge in [-0.2, -0.15) is 0 Å². The van der Waals surface area contributed by atoms with E-state index in [-0.39, 0.29) is 29.7 Å². The molecular formula is C29H39NO9. The van der Waals surface area contributed by atoms with Crippen LogP contribution in [0, 0.1) is 5.92 Å². The van der Waals surface area contributed by atoms with Crippen molar-refractivity contribution in [1.82, 2.24) is 4.98 Å². The number of methoxy groups -OCH3 is 1. The van der Waals surface area contributed by atoms with Crippen molar-refractivity contribution in [3.63, 3.8) is 0 Å². The first-order valence-electron chi connectivity index (χ1n) is 13.1. The van der Waals surface area contributed by atoms with E-state index in [9.17, 15) is 14.4 Å². The molecule has 2 rings (SSSR count). The number of hydrogen-bond acceptors (Lipinski definition) is 10. The Kier molecular flexibility index (Phi) is 13.2. The minimum atomic E-state index is -0.789. The molecule has 10 heteroatoms. The third-order valence-electron chi connectivity index (χ3n) is 5.80. The van der Waals surface area contributed by atoms with Gasteiger partial charge in [0.1, 0.15) is 11.9 Å². The lowest BCUT2D eigenvalue weighted by Crippen LogP contribution is -2.44. The maximum absolute atomic E-state index is 13.1. The molecule has 1 unspecified atom stereocenters. The molecule has 0 saturated carbocycles. The molecule has 0 amide bonds. The third kappa shape index (κ3) is 9.86. The standard InChI is InChI=1S/C29H39NO9/c1-7-16-35-24(8-2)27(39-22-12-10-9-11-13-22)20(4)38-29(33)19(3)17-23(32)26-28(37-18-36-21(5)31)25(34-6)14-15-30-26/h9-15,19-20,24,27H,7-8,16-18H2,1-6H3/t19?,20-,24-,27-/m0/s1. The number of Topliss-reactive ketones (excluding diaryl/α,β-unsaturated/α-hetero) is 1. The highest BCUT2D eigenvalue weighted by molar-refractivity contribution is 5.99. The summed E-state index contributed by atoms with van der Waals surface area (Å²) in [7, 11) is 1.41. The lowest BCUT2D eigenvalue weighted by atomic mass is 10.0. The molecule has 0 aliphatic carbocycles. The molecule has 0 aliphatic rings. The van der Waals surface area contributed by atoms with Crippen molar-refractivity contribution in [3.05, 3.63) is 48.3 Å². The molecule has 2 aromatic rings. The molecule has 0 N–H and O–H groups in total. The van der Waals surface area contributed by atoms with E-state index in [1.807, 2.05) is 44.2 Å². The monoisotopic (exact) mass is 545 g/mol. The van der Waals surface area contributed by atoms with Gasteiger partial charge in [0.05, 0.1) is 19.1 Å². The van der Waals surface area contributed by atoms with Gasteiger partial charge >= 0.3 is 11.9 Å². The Hall–Kier alpha value is -3.66. The first-order chi connectivity index (χ1) is 18.7. The van der Waals surface area contributed by atoms with Crippen LogP contribution in [0.25, 0.3) is 0 Å². The van der Waals surface area contributed by atoms with Crippen LogP contribution in [-0.4, -0.2) is 61.5 Å². The van der Waals surface area contributed by atoms with Crippen LogP contribution in [0.15, 0.2) is 42.6 Å². The van der Waals surface area contributed by atoms with E-state index in [0.717, 1.165) is 6.42 Å². The highest BCUT2D eigenvalue weighted by Gasteiger charge is 2.33. The van der Waals surface area contributed by atoms with E-state index in [1.165, 1.54) is 26.3 Å². The van der Waals surface area contributed by atoms with E-state index in [2.05, 4.69) is 4.98 Å². The minimum Gasteiger partial charge on any atom is -0.493 e. The maximum Gasteiger partial charge on any atom is 0.309 e. The van der Waals surface area contributed by atoms with Crippen molar-refractivity contribution in [2.75, 3.05) is 20.5 Å². The van der Waals surface area contributed by atoms with E-state index in [0.29, 0.717) is 18.8 Å². The van der Waals surface area contributed by atoms with Crippen molar-refractivity contribution in [2.45, 2.75) is 72.2 Å². The SMILES string of the molecule is CCCO[C@@H](CC)[C@@H](Oc1ccccc1)[C@H](C)OC(=O)C(C)CC(=O)c1nccc(OC)c1OCOC(C)=O. The number of hydrogen-bond donors (Lipinski definition) is 0.